The summed E-state index contributed by atoms with van der Waals surface area (Å²) in [6, 6.07) is 11.8. The van der Waals surface area contributed by atoms with Gasteiger partial charge in [0, 0.05) is 42.1 Å². The van der Waals surface area contributed by atoms with E-state index < -0.39 is 5.92 Å². The zero-order valence-electron chi connectivity index (χ0n) is 17.4. The maximum Gasteiger partial charge on any atom is 0.258 e. The van der Waals surface area contributed by atoms with Gasteiger partial charge in [-0.25, -0.2) is 4.98 Å². The minimum absolute atomic E-state index is 0.0469. The largest absolute Gasteiger partial charge is 0.440 e. The predicted octanol–water partition coefficient (Wildman–Crippen LogP) is 3.38. The standard InChI is InChI=1S/C23H23N5O2S/c1-15-12-19-21(23(29)28(15)10-3-9-27-11-8-26-14-27)20(18(13-24)22(25)30-19)16-4-6-17(31-2)7-5-16/h4-8,11-12,14,20H,3,9-10,25H2,1-2H3. The zero-order valence-corrected chi connectivity index (χ0v) is 18.2. The van der Waals surface area contributed by atoms with Crippen LogP contribution < -0.4 is 16.0 Å². The van der Waals surface area contributed by atoms with Crippen LogP contribution in [0, 0.1) is 18.3 Å². The lowest BCUT2D eigenvalue weighted by molar-refractivity contribution is 0.387. The summed E-state index contributed by atoms with van der Waals surface area (Å²) < 4.78 is 9.45. The number of nitriles is 1. The van der Waals surface area contributed by atoms with E-state index in [1.165, 1.54) is 0 Å². The van der Waals surface area contributed by atoms with Crippen molar-refractivity contribution < 1.29 is 4.74 Å². The molecule has 3 heterocycles. The number of nitrogens with zero attached hydrogens (tertiary/aromatic N) is 4. The van der Waals surface area contributed by atoms with Crippen molar-refractivity contribution >= 4 is 11.8 Å². The predicted molar refractivity (Wildman–Crippen MR) is 120 cm³/mol. The van der Waals surface area contributed by atoms with E-state index in [1.807, 2.05) is 54.3 Å². The van der Waals surface area contributed by atoms with Crippen LogP contribution in [0.15, 0.2) is 70.2 Å². The summed E-state index contributed by atoms with van der Waals surface area (Å²) in [5, 5.41) is 9.79. The Morgan fingerprint density at radius 2 is 2.06 bits per heavy atom. The summed E-state index contributed by atoms with van der Waals surface area (Å²) in [5.74, 6) is -0.0907. The highest BCUT2D eigenvalue weighted by Gasteiger charge is 2.34. The van der Waals surface area contributed by atoms with Gasteiger partial charge < -0.3 is 19.6 Å². The highest BCUT2D eigenvalue weighted by Crippen LogP contribution is 2.40. The Morgan fingerprint density at radius 3 is 2.71 bits per heavy atom. The second kappa shape index (κ2) is 8.74. The van der Waals surface area contributed by atoms with E-state index in [0.29, 0.717) is 17.9 Å². The quantitative estimate of drug-likeness (QED) is 0.599. The van der Waals surface area contributed by atoms with E-state index in [0.717, 1.165) is 29.1 Å². The Balaban J connectivity index is 1.76. The Kier molecular flexibility index (Phi) is 5.87. The third-order valence-electron chi connectivity index (χ3n) is 5.50. The van der Waals surface area contributed by atoms with Crippen LogP contribution in [0.4, 0.5) is 0 Å². The molecule has 2 aromatic heterocycles. The molecular formula is C23H23N5O2S. The van der Waals surface area contributed by atoms with Crippen molar-refractivity contribution in [1.29, 1.82) is 5.26 Å². The van der Waals surface area contributed by atoms with Crippen LogP contribution in [0.1, 0.15) is 29.2 Å². The molecule has 1 aromatic carbocycles. The molecule has 1 atom stereocenters. The molecule has 2 N–H and O–H groups in total. The lowest BCUT2D eigenvalue weighted by Gasteiger charge is -2.27. The maximum absolute atomic E-state index is 13.6. The number of ether oxygens (including phenoxy) is 1. The van der Waals surface area contributed by atoms with E-state index in [1.54, 1.807) is 28.9 Å². The molecular weight excluding hydrogens is 410 g/mol. The molecule has 3 aromatic rings. The van der Waals surface area contributed by atoms with Crippen LogP contribution >= 0.6 is 11.8 Å². The monoisotopic (exact) mass is 433 g/mol. The van der Waals surface area contributed by atoms with Gasteiger partial charge in [-0.2, -0.15) is 5.26 Å². The fourth-order valence-electron chi connectivity index (χ4n) is 3.92. The zero-order chi connectivity index (χ0) is 22.0. The van der Waals surface area contributed by atoms with Crippen LogP contribution in [0.5, 0.6) is 5.75 Å². The van der Waals surface area contributed by atoms with Gasteiger partial charge in [-0.3, -0.25) is 4.79 Å². The van der Waals surface area contributed by atoms with Crippen LogP contribution in [-0.2, 0) is 13.1 Å². The summed E-state index contributed by atoms with van der Waals surface area (Å²) >= 11 is 1.63. The summed E-state index contributed by atoms with van der Waals surface area (Å²) in [5.41, 5.74) is 8.27. The minimum atomic E-state index is -0.558. The number of aromatic nitrogens is 3. The van der Waals surface area contributed by atoms with Crippen LogP contribution in [0.25, 0.3) is 0 Å². The third-order valence-corrected chi connectivity index (χ3v) is 6.24. The summed E-state index contributed by atoms with van der Waals surface area (Å²) in [6.07, 6.45) is 8.17. The number of aryl methyl sites for hydroxylation is 2. The highest BCUT2D eigenvalue weighted by atomic mass is 32.2. The molecule has 158 valence electrons. The number of allylic oxidation sites excluding steroid dienone is 1. The summed E-state index contributed by atoms with van der Waals surface area (Å²) in [6.45, 7) is 3.19. The molecule has 1 aliphatic heterocycles. The third kappa shape index (κ3) is 3.97. The van der Waals surface area contributed by atoms with Crippen LogP contribution in [0.3, 0.4) is 0 Å². The second-order valence-corrected chi connectivity index (χ2v) is 8.25. The number of hydrogen-bond donors (Lipinski definition) is 1. The molecule has 31 heavy (non-hydrogen) atoms. The van der Waals surface area contributed by atoms with Gasteiger partial charge in [0.25, 0.3) is 5.56 Å². The Hall–Kier alpha value is -3.44. The Bertz CT molecular complexity index is 1220. The molecule has 1 unspecified atom stereocenters. The van der Waals surface area contributed by atoms with Gasteiger partial charge >= 0.3 is 0 Å². The molecule has 0 bridgehead atoms. The number of rotatable bonds is 6. The number of fused-ring (bicyclic) bond motifs is 1. The fraction of sp³-hybridized carbons (Fsp3) is 0.261. The molecule has 0 amide bonds. The molecule has 0 aliphatic carbocycles. The average Bonchev–Trinajstić information content (AvgIpc) is 3.29. The van der Waals surface area contributed by atoms with Gasteiger partial charge in [-0.1, -0.05) is 12.1 Å². The molecule has 0 fully saturated rings. The SMILES string of the molecule is CSc1ccc(C2C(C#N)=C(N)Oc3cc(C)n(CCCn4ccnc4)c(=O)c32)cc1. The van der Waals surface area contributed by atoms with Gasteiger partial charge in [0.05, 0.1) is 17.8 Å². The van der Waals surface area contributed by atoms with Gasteiger partial charge in [0.15, 0.2) is 0 Å². The van der Waals surface area contributed by atoms with Crippen molar-refractivity contribution in [3.05, 3.63) is 87.7 Å². The van der Waals surface area contributed by atoms with E-state index >= 15 is 0 Å². The number of imidazole rings is 1. The summed E-state index contributed by atoms with van der Waals surface area (Å²) in [4.78, 5) is 18.7. The van der Waals surface area contributed by atoms with Gasteiger partial charge in [-0.15, -0.1) is 11.8 Å². The van der Waals surface area contributed by atoms with Crippen molar-refractivity contribution in [3.63, 3.8) is 0 Å². The van der Waals surface area contributed by atoms with Crippen LogP contribution in [0.2, 0.25) is 0 Å². The number of thioether (sulfide) groups is 1. The number of pyridine rings is 1. The minimum Gasteiger partial charge on any atom is -0.440 e. The fourth-order valence-corrected chi connectivity index (χ4v) is 4.33. The van der Waals surface area contributed by atoms with E-state index in [-0.39, 0.29) is 17.0 Å². The Labute approximate surface area is 184 Å². The first-order valence-electron chi connectivity index (χ1n) is 9.95. The molecule has 7 nitrogen and oxygen atoms in total. The van der Waals surface area contributed by atoms with Gasteiger partial charge in [-0.05, 0) is 37.3 Å². The molecule has 1 aliphatic rings. The van der Waals surface area contributed by atoms with Crippen molar-refractivity contribution in [3.8, 4) is 11.8 Å². The first-order chi connectivity index (χ1) is 15.0. The number of nitrogens with two attached hydrogens (primary N) is 1. The topological polar surface area (TPSA) is 98.9 Å². The smallest absolute Gasteiger partial charge is 0.258 e. The summed E-state index contributed by atoms with van der Waals surface area (Å²) in [7, 11) is 0. The highest BCUT2D eigenvalue weighted by molar-refractivity contribution is 7.98. The van der Waals surface area contributed by atoms with Gasteiger partial charge in [0.1, 0.15) is 17.4 Å². The first kappa shape index (κ1) is 20.8. The number of hydrogen-bond acceptors (Lipinski definition) is 6. The molecule has 8 heteroatoms. The molecule has 4 rings (SSSR count). The van der Waals surface area contributed by atoms with Crippen molar-refractivity contribution in [1.82, 2.24) is 14.1 Å². The molecule has 0 spiro atoms. The van der Waals surface area contributed by atoms with Crippen molar-refractivity contribution in [2.45, 2.75) is 37.2 Å². The normalized spacial score (nSPS) is 15.3. The maximum atomic E-state index is 13.6. The average molecular weight is 434 g/mol. The molecule has 0 saturated carbocycles. The molecule has 0 radical (unpaired) electrons. The van der Waals surface area contributed by atoms with E-state index in [9.17, 15) is 10.1 Å². The Morgan fingerprint density at radius 1 is 1.29 bits per heavy atom. The van der Waals surface area contributed by atoms with E-state index in [2.05, 4.69) is 11.1 Å². The van der Waals surface area contributed by atoms with Crippen LogP contribution in [-0.4, -0.2) is 20.4 Å². The van der Waals surface area contributed by atoms with Crippen molar-refractivity contribution in [2.75, 3.05) is 6.26 Å². The number of benzene rings is 1. The lowest BCUT2D eigenvalue weighted by Crippen LogP contribution is -2.33. The first-order valence-corrected chi connectivity index (χ1v) is 11.2. The second-order valence-electron chi connectivity index (χ2n) is 7.37. The lowest BCUT2D eigenvalue weighted by atomic mass is 9.84. The van der Waals surface area contributed by atoms with Crippen molar-refractivity contribution in [2.24, 2.45) is 5.73 Å². The molecule has 0 saturated heterocycles. The van der Waals surface area contributed by atoms with Gasteiger partial charge in [0.2, 0.25) is 5.88 Å². The van der Waals surface area contributed by atoms with E-state index in [4.69, 9.17) is 10.5 Å².